The fourth-order valence-corrected chi connectivity index (χ4v) is 3.85. The Morgan fingerprint density at radius 1 is 1.07 bits per heavy atom. The third kappa shape index (κ3) is 6.17. The summed E-state index contributed by atoms with van der Waals surface area (Å²) in [5, 5.41) is 3.58. The quantitative estimate of drug-likeness (QED) is 0.411. The van der Waals surface area contributed by atoms with Crippen LogP contribution in [0, 0.1) is 5.92 Å². The lowest BCUT2D eigenvalue weighted by atomic mass is 9.97. The number of amides is 2. The van der Waals surface area contributed by atoms with Crippen LogP contribution >= 0.6 is 23.4 Å². The smallest absolute Gasteiger partial charge is 0.321 e. The molecule has 2 aromatic rings. The molecule has 2 amide bonds. The Morgan fingerprint density at radius 2 is 1.75 bits per heavy atom. The third-order valence-electron chi connectivity index (χ3n) is 4.55. The van der Waals surface area contributed by atoms with E-state index in [0.717, 1.165) is 10.6 Å². The molecule has 1 aliphatic rings. The van der Waals surface area contributed by atoms with Crippen LogP contribution in [0.3, 0.4) is 0 Å². The fourth-order valence-electron chi connectivity index (χ4n) is 2.99. The Morgan fingerprint density at radius 3 is 2.43 bits per heavy atom. The second kappa shape index (κ2) is 10.4. The van der Waals surface area contributed by atoms with E-state index in [4.69, 9.17) is 16.3 Å². The van der Waals surface area contributed by atoms with Crippen molar-refractivity contribution < 1.29 is 14.3 Å². The van der Waals surface area contributed by atoms with Gasteiger partial charge in [0.05, 0.1) is 5.92 Å². The molecule has 5 nitrogen and oxygen atoms in total. The lowest BCUT2D eigenvalue weighted by Gasteiger charge is -2.31. The molecular weight excluding hydrogens is 396 g/mol. The number of likely N-dealkylation sites (tertiary alicyclic amines) is 1. The number of hydrogen-bond acceptors (Lipinski definition) is 4. The molecule has 0 spiro atoms. The number of nitrogens with zero attached hydrogens (tertiary/aromatic N) is 1. The average molecular weight is 419 g/mol. The fraction of sp³-hybridized carbons (Fsp3) is 0.333. The summed E-state index contributed by atoms with van der Waals surface area (Å²) in [7, 11) is 0. The molecule has 1 aliphatic heterocycles. The second-order valence-corrected chi connectivity index (χ2v) is 8.13. The monoisotopic (exact) mass is 418 g/mol. The van der Waals surface area contributed by atoms with Gasteiger partial charge in [-0.3, -0.25) is 4.79 Å². The first-order chi connectivity index (χ1) is 13.6. The molecule has 0 radical (unpaired) electrons. The summed E-state index contributed by atoms with van der Waals surface area (Å²) in [4.78, 5) is 27.4. The Balaban J connectivity index is 1.34. The highest BCUT2D eigenvalue weighted by Gasteiger charge is 2.28. The molecule has 0 atom stereocenters. The predicted molar refractivity (Wildman–Crippen MR) is 113 cm³/mol. The zero-order valence-electron chi connectivity index (χ0n) is 15.5. The summed E-state index contributed by atoms with van der Waals surface area (Å²) in [6.07, 6.45) is 1.26. The highest BCUT2D eigenvalue weighted by atomic mass is 35.5. The summed E-state index contributed by atoms with van der Waals surface area (Å²) >= 11 is 7.49. The average Bonchev–Trinajstić information content (AvgIpc) is 2.73. The SMILES string of the molecule is O=C(OCCSc1ccc(Cl)cc1)C1CCN(C(=O)Nc2ccccc2)CC1. The maximum absolute atomic E-state index is 12.3. The van der Waals surface area contributed by atoms with Crippen LogP contribution in [0.25, 0.3) is 0 Å². The summed E-state index contributed by atoms with van der Waals surface area (Å²) in [5.41, 5.74) is 0.771. The van der Waals surface area contributed by atoms with Crippen LogP contribution in [-0.2, 0) is 9.53 Å². The van der Waals surface area contributed by atoms with Crippen LogP contribution < -0.4 is 5.32 Å². The van der Waals surface area contributed by atoms with Crippen molar-refractivity contribution in [3.05, 3.63) is 59.6 Å². The van der Waals surface area contributed by atoms with Crippen molar-refractivity contribution in [1.29, 1.82) is 0 Å². The van der Waals surface area contributed by atoms with E-state index in [1.807, 2.05) is 54.6 Å². The summed E-state index contributed by atoms with van der Waals surface area (Å²) in [6.45, 7) is 1.48. The van der Waals surface area contributed by atoms with Gasteiger partial charge in [-0.25, -0.2) is 4.79 Å². The number of carbonyl (C=O) groups is 2. The number of para-hydroxylation sites is 1. The second-order valence-electron chi connectivity index (χ2n) is 6.53. The molecular formula is C21H23ClN2O3S. The first-order valence-electron chi connectivity index (χ1n) is 9.28. The van der Waals surface area contributed by atoms with Crippen LogP contribution in [-0.4, -0.2) is 42.3 Å². The number of rotatable bonds is 6. The number of anilines is 1. The maximum atomic E-state index is 12.3. The van der Waals surface area contributed by atoms with Crippen molar-refractivity contribution in [3.63, 3.8) is 0 Å². The van der Waals surface area contributed by atoms with E-state index < -0.39 is 0 Å². The molecule has 1 saturated heterocycles. The molecule has 2 aromatic carbocycles. The molecule has 0 aromatic heterocycles. The number of nitrogens with one attached hydrogen (secondary N) is 1. The predicted octanol–water partition coefficient (Wildman–Crippen LogP) is 4.92. The number of ether oxygens (including phenoxy) is 1. The molecule has 0 bridgehead atoms. The normalized spacial score (nSPS) is 14.5. The van der Waals surface area contributed by atoms with Crippen LogP contribution in [0.1, 0.15) is 12.8 Å². The van der Waals surface area contributed by atoms with Gasteiger partial charge in [0.15, 0.2) is 0 Å². The topological polar surface area (TPSA) is 58.6 Å². The van der Waals surface area contributed by atoms with Crippen molar-refractivity contribution in [2.24, 2.45) is 5.92 Å². The number of hydrogen-bond donors (Lipinski definition) is 1. The minimum absolute atomic E-state index is 0.127. The van der Waals surface area contributed by atoms with Gasteiger partial charge in [0.2, 0.25) is 0 Å². The van der Waals surface area contributed by atoms with E-state index >= 15 is 0 Å². The summed E-state index contributed by atoms with van der Waals surface area (Å²) < 4.78 is 5.41. The van der Waals surface area contributed by atoms with Gasteiger partial charge in [0.25, 0.3) is 0 Å². The number of carbonyl (C=O) groups excluding carboxylic acids is 2. The highest BCUT2D eigenvalue weighted by Crippen LogP contribution is 2.22. The summed E-state index contributed by atoms with van der Waals surface area (Å²) in [5.74, 6) is 0.396. The molecule has 1 heterocycles. The minimum Gasteiger partial charge on any atom is -0.465 e. The molecule has 1 fully saturated rings. The molecule has 0 aliphatic carbocycles. The van der Waals surface area contributed by atoms with Crippen molar-refractivity contribution in [3.8, 4) is 0 Å². The molecule has 28 heavy (non-hydrogen) atoms. The van der Waals surface area contributed by atoms with Gasteiger partial charge in [0.1, 0.15) is 6.61 Å². The molecule has 7 heteroatoms. The zero-order valence-corrected chi connectivity index (χ0v) is 17.0. The highest BCUT2D eigenvalue weighted by molar-refractivity contribution is 7.99. The number of benzene rings is 2. The van der Waals surface area contributed by atoms with Gasteiger partial charge in [-0.2, -0.15) is 0 Å². The Hall–Kier alpha value is -2.18. The van der Waals surface area contributed by atoms with E-state index in [0.29, 0.717) is 43.3 Å². The standard InChI is InChI=1S/C21H23ClN2O3S/c22-17-6-8-19(9-7-17)28-15-14-27-20(25)16-10-12-24(13-11-16)21(26)23-18-4-2-1-3-5-18/h1-9,16H,10-15H2,(H,23,26). The number of thioether (sulfide) groups is 1. The first kappa shape index (κ1) is 20.6. The van der Waals surface area contributed by atoms with E-state index in [2.05, 4.69) is 5.32 Å². The van der Waals surface area contributed by atoms with Gasteiger partial charge in [-0.05, 0) is 49.2 Å². The van der Waals surface area contributed by atoms with Crippen LogP contribution in [0.4, 0.5) is 10.5 Å². The van der Waals surface area contributed by atoms with Crippen LogP contribution in [0.2, 0.25) is 5.02 Å². The van der Waals surface area contributed by atoms with Gasteiger partial charge >= 0.3 is 12.0 Å². The van der Waals surface area contributed by atoms with Gasteiger partial charge < -0.3 is 15.0 Å². The Labute approximate surface area is 174 Å². The van der Waals surface area contributed by atoms with Crippen molar-refractivity contribution >= 4 is 41.1 Å². The van der Waals surface area contributed by atoms with Crippen LogP contribution in [0.5, 0.6) is 0 Å². The number of esters is 1. The van der Waals surface area contributed by atoms with E-state index in [1.54, 1.807) is 16.7 Å². The number of piperidine rings is 1. The van der Waals surface area contributed by atoms with Crippen molar-refractivity contribution in [2.75, 3.05) is 30.8 Å². The first-order valence-corrected chi connectivity index (χ1v) is 10.6. The molecule has 0 saturated carbocycles. The largest absolute Gasteiger partial charge is 0.465 e. The number of urea groups is 1. The zero-order chi connectivity index (χ0) is 19.8. The molecule has 3 rings (SSSR count). The minimum atomic E-state index is -0.167. The molecule has 148 valence electrons. The van der Waals surface area contributed by atoms with E-state index in [9.17, 15) is 9.59 Å². The number of halogens is 1. The van der Waals surface area contributed by atoms with E-state index in [1.165, 1.54) is 0 Å². The van der Waals surface area contributed by atoms with Crippen LogP contribution in [0.15, 0.2) is 59.5 Å². The van der Waals surface area contributed by atoms with E-state index in [-0.39, 0.29) is 17.9 Å². The molecule has 0 unspecified atom stereocenters. The maximum Gasteiger partial charge on any atom is 0.321 e. The molecule has 1 N–H and O–H groups in total. The lowest BCUT2D eigenvalue weighted by Crippen LogP contribution is -2.42. The van der Waals surface area contributed by atoms with Gasteiger partial charge in [-0.15, -0.1) is 11.8 Å². The summed E-state index contributed by atoms with van der Waals surface area (Å²) in [6, 6.07) is 16.8. The van der Waals surface area contributed by atoms with Gasteiger partial charge in [-0.1, -0.05) is 29.8 Å². The Kier molecular flexibility index (Phi) is 7.62. The van der Waals surface area contributed by atoms with Gasteiger partial charge in [0, 0.05) is 34.4 Å². The Bertz CT molecular complexity index is 778. The van der Waals surface area contributed by atoms with Crippen molar-refractivity contribution in [1.82, 2.24) is 4.90 Å². The lowest BCUT2D eigenvalue weighted by molar-refractivity contribution is -0.149. The van der Waals surface area contributed by atoms with Crippen molar-refractivity contribution in [2.45, 2.75) is 17.7 Å². The third-order valence-corrected chi connectivity index (χ3v) is 5.78.